The van der Waals surface area contributed by atoms with Gasteiger partial charge in [0.2, 0.25) is 11.8 Å². The Kier molecular flexibility index (Phi) is 10.9. The summed E-state index contributed by atoms with van der Waals surface area (Å²) in [5.41, 5.74) is -5.14. The molecule has 0 aliphatic carbocycles. The highest BCUT2D eigenvalue weighted by Gasteiger charge is 2.50. The Labute approximate surface area is 293 Å². The molecule has 3 unspecified atom stereocenters. The first kappa shape index (κ1) is 37.5. The number of amides is 3. The Morgan fingerprint density at radius 2 is 1.74 bits per heavy atom. The molecule has 2 aliphatic rings. The van der Waals surface area contributed by atoms with Crippen LogP contribution in [0.3, 0.4) is 0 Å². The number of carbonyl (C=O) groups excluding carboxylic acids is 4. The van der Waals surface area contributed by atoms with Crippen LogP contribution in [-0.4, -0.2) is 81.6 Å². The fraction of sp³-hybridized carbons (Fsp3) is 0.486. The second-order valence-corrected chi connectivity index (χ2v) is 16.6. The van der Waals surface area contributed by atoms with E-state index in [0.29, 0.717) is 37.1 Å². The summed E-state index contributed by atoms with van der Waals surface area (Å²) in [5.74, 6) is -2.26. The normalized spacial score (nSPS) is 20.8. The first-order valence-corrected chi connectivity index (χ1v) is 19.0. The Bertz CT molecular complexity index is 1810. The van der Waals surface area contributed by atoms with E-state index in [1.807, 2.05) is 30.3 Å². The van der Waals surface area contributed by atoms with Gasteiger partial charge in [-0.15, -0.1) is 11.3 Å². The van der Waals surface area contributed by atoms with Gasteiger partial charge in [-0.2, -0.15) is 8.78 Å². The van der Waals surface area contributed by atoms with Crippen molar-refractivity contribution in [1.82, 2.24) is 15.1 Å². The Morgan fingerprint density at radius 3 is 2.38 bits per heavy atom. The molecular weight excluding hydrogens is 691 g/mol. The van der Waals surface area contributed by atoms with Crippen LogP contribution in [0.5, 0.6) is 0 Å². The standard InChI is InChI=1S/C35H42F2N3O8PS/c1-5-48-33(44)24-15-17-39(20-25(24)21-10-7-6-8-11-21)31(42)26-12-9-16-40(26)32(43)29(34(2,3)4)38-30(41)28-19-22-18-23(13-14-27(22)50-28)35(36,37)49(45,46)47/h6-8,10-11,13-14,18-19,24-26,29H,5,9,12,15-17,20H2,1-4H3,(H,38,41)(H2,45,46,47)/t24?,25?,26-,29?/m0/s1. The Morgan fingerprint density at radius 1 is 1.04 bits per heavy atom. The summed E-state index contributed by atoms with van der Waals surface area (Å²) in [5, 5.41) is 3.00. The van der Waals surface area contributed by atoms with Crippen molar-refractivity contribution in [2.45, 2.75) is 70.6 Å². The molecule has 0 radical (unpaired) electrons. The number of alkyl halides is 2. The number of rotatable bonds is 9. The highest BCUT2D eigenvalue weighted by Crippen LogP contribution is 2.59. The second-order valence-electron chi connectivity index (χ2n) is 13.9. The zero-order valence-electron chi connectivity index (χ0n) is 28.3. The van der Waals surface area contributed by atoms with Crippen LogP contribution in [0.1, 0.15) is 73.7 Å². The average Bonchev–Trinajstić information content (AvgIpc) is 3.73. The van der Waals surface area contributed by atoms with Crippen molar-refractivity contribution in [1.29, 1.82) is 0 Å². The summed E-state index contributed by atoms with van der Waals surface area (Å²) in [6.45, 7) is 8.31. The van der Waals surface area contributed by atoms with Gasteiger partial charge in [0, 0.05) is 35.8 Å². The number of thiophene rings is 1. The van der Waals surface area contributed by atoms with Crippen molar-refractivity contribution in [3.63, 3.8) is 0 Å². The van der Waals surface area contributed by atoms with Crippen LogP contribution in [0.4, 0.5) is 8.78 Å². The number of benzene rings is 2. The van der Waals surface area contributed by atoms with Crippen LogP contribution in [0.25, 0.3) is 10.1 Å². The van der Waals surface area contributed by atoms with Gasteiger partial charge >= 0.3 is 19.2 Å². The summed E-state index contributed by atoms with van der Waals surface area (Å²) in [6, 6.07) is 12.2. The smallest absolute Gasteiger partial charge is 0.399 e. The number of ether oxygens (including phenoxy) is 1. The van der Waals surface area contributed by atoms with Gasteiger partial charge in [0.15, 0.2) is 0 Å². The highest BCUT2D eigenvalue weighted by atomic mass is 32.1. The minimum absolute atomic E-state index is 0.115. The number of hydrogen-bond donors (Lipinski definition) is 3. The van der Waals surface area contributed by atoms with Crippen LogP contribution in [0.2, 0.25) is 0 Å². The monoisotopic (exact) mass is 733 g/mol. The molecule has 15 heteroatoms. The van der Waals surface area contributed by atoms with E-state index in [2.05, 4.69) is 5.32 Å². The van der Waals surface area contributed by atoms with E-state index in [-0.39, 0.29) is 41.2 Å². The van der Waals surface area contributed by atoms with E-state index >= 15 is 0 Å². The third-order valence-corrected chi connectivity index (χ3v) is 11.5. The molecule has 4 atom stereocenters. The molecule has 11 nitrogen and oxygen atoms in total. The van der Waals surface area contributed by atoms with E-state index in [1.165, 1.54) is 17.0 Å². The zero-order chi connectivity index (χ0) is 36.6. The van der Waals surface area contributed by atoms with Gasteiger partial charge in [0.05, 0.1) is 17.4 Å². The number of piperidine rings is 1. The number of hydrogen-bond acceptors (Lipinski definition) is 7. The molecule has 3 heterocycles. The second kappa shape index (κ2) is 14.5. The van der Waals surface area contributed by atoms with Crippen molar-refractivity contribution < 1.29 is 47.0 Å². The molecule has 270 valence electrons. The van der Waals surface area contributed by atoms with Crippen molar-refractivity contribution in [2.75, 3.05) is 26.2 Å². The van der Waals surface area contributed by atoms with Crippen molar-refractivity contribution >= 4 is 52.7 Å². The van der Waals surface area contributed by atoms with Crippen molar-refractivity contribution in [2.24, 2.45) is 11.3 Å². The predicted octanol–water partition coefficient (Wildman–Crippen LogP) is 5.46. The molecule has 3 aromatic rings. The number of nitrogens with zero attached hydrogens (tertiary/aromatic N) is 2. The topological polar surface area (TPSA) is 154 Å². The fourth-order valence-electron chi connectivity index (χ4n) is 6.75. The molecule has 2 saturated heterocycles. The van der Waals surface area contributed by atoms with Crippen LogP contribution >= 0.6 is 18.9 Å². The lowest BCUT2D eigenvalue weighted by atomic mass is 9.80. The number of carbonyl (C=O) groups is 4. The molecular formula is C35H42F2N3O8PS. The van der Waals surface area contributed by atoms with E-state index in [4.69, 9.17) is 14.5 Å². The lowest BCUT2D eigenvalue weighted by Gasteiger charge is -2.40. The largest absolute Gasteiger partial charge is 0.466 e. The summed E-state index contributed by atoms with van der Waals surface area (Å²) in [7, 11) is -5.79. The molecule has 3 amide bonds. The van der Waals surface area contributed by atoms with Crippen LogP contribution < -0.4 is 5.32 Å². The molecule has 0 bridgehead atoms. The summed E-state index contributed by atoms with van der Waals surface area (Å²) >= 11 is 0.987. The molecule has 2 aliphatic heterocycles. The summed E-state index contributed by atoms with van der Waals surface area (Å²) in [4.78, 5) is 76.4. The van der Waals surface area contributed by atoms with Crippen LogP contribution in [-0.2, 0) is 29.3 Å². The van der Waals surface area contributed by atoms with E-state index in [1.54, 1.807) is 32.6 Å². The maximum absolute atomic E-state index is 14.4. The minimum Gasteiger partial charge on any atom is -0.466 e. The van der Waals surface area contributed by atoms with Crippen LogP contribution in [0, 0.1) is 11.3 Å². The van der Waals surface area contributed by atoms with Gasteiger partial charge in [-0.25, -0.2) is 0 Å². The molecule has 2 fully saturated rings. The number of likely N-dealkylation sites (tertiary alicyclic amines) is 2. The van der Waals surface area contributed by atoms with Crippen LogP contribution in [0.15, 0.2) is 54.6 Å². The fourth-order valence-corrected chi connectivity index (χ4v) is 8.17. The molecule has 50 heavy (non-hydrogen) atoms. The molecule has 1 aromatic heterocycles. The zero-order valence-corrected chi connectivity index (χ0v) is 30.0. The highest BCUT2D eigenvalue weighted by molar-refractivity contribution is 7.52. The average molecular weight is 734 g/mol. The van der Waals surface area contributed by atoms with Gasteiger partial charge in [-0.1, -0.05) is 57.2 Å². The van der Waals surface area contributed by atoms with Gasteiger partial charge in [0.25, 0.3) is 5.91 Å². The Balaban J connectivity index is 1.34. The molecule has 3 N–H and O–H groups in total. The summed E-state index contributed by atoms with van der Waals surface area (Å²) < 4.78 is 45.9. The third-order valence-electron chi connectivity index (χ3n) is 9.40. The lowest BCUT2D eigenvalue weighted by molar-refractivity contribution is -0.153. The lowest BCUT2D eigenvalue weighted by Crippen LogP contribution is -2.58. The maximum Gasteiger partial charge on any atom is 0.399 e. The van der Waals surface area contributed by atoms with E-state index in [0.717, 1.165) is 29.0 Å². The third kappa shape index (κ3) is 7.63. The van der Waals surface area contributed by atoms with Crippen molar-refractivity contribution in [3.05, 3.63) is 70.6 Å². The molecule has 0 spiro atoms. The maximum atomic E-state index is 14.4. The van der Waals surface area contributed by atoms with Gasteiger partial charge < -0.3 is 29.6 Å². The van der Waals surface area contributed by atoms with Crippen molar-refractivity contribution in [3.8, 4) is 0 Å². The molecule has 5 rings (SSSR count). The Hall–Kier alpha value is -3.71. The van der Waals surface area contributed by atoms with Gasteiger partial charge in [-0.3, -0.25) is 23.7 Å². The minimum atomic E-state index is -5.79. The number of fused-ring (bicyclic) bond motifs is 1. The predicted molar refractivity (Wildman–Crippen MR) is 184 cm³/mol. The number of halogens is 2. The quantitative estimate of drug-likeness (QED) is 0.194. The van der Waals surface area contributed by atoms with Gasteiger partial charge in [0.1, 0.15) is 12.1 Å². The molecule has 0 saturated carbocycles. The number of nitrogens with one attached hydrogen (secondary N) is 1. The SMILES string of the molecule is CCOC(=O)C1CCN(C(=O)[C@@H]2CCCN2C(=O)C(NC(=O)c2cc3cc(C(F)(F)P(=O)(O)O)ccc3s2)C(C)(C)C)CC1c1ccccc1. The first-order chi connectivity index (χ1) is 23.4. The number of esters is 1. The first-order valence-electron chi connectivity index (χ1n) is 16.5. The van der Waals surface area contributed by atoms with E-state index < -0.39 is 54.1 Å². The molecule has 2 aromatic carbocycles. The van der Waals surface area contributed by atoms with Gasteiger partial charge in [-0.05, 0) is 60.7 Å². The summed E-state index contributed by atoms with van der Waals surface area (Å²) in [6.07, 6.45) is 1.45. The van der Waals surface area contributed by atoms with E-state index in [9.17, 15) is 32.5 Å².